The van der Waals surface area contributed by atoms with Gasteiger partial charge in [-0.15, -0.1) is 0 Å². The van der Waals surface area contributed by atoms with Gasteiger partial charge in [0.15, 0.2) is 9.84 Å². The lowest BCUT2D eigenvalue weighted by molar-refractivity contribution is -0.140. The largest absolute Gasteiger partial charge is 0.496 e. The van der Waals surface area contributed by atoms with Gasteiger partial charge in [-0.3, -0.25) is 4.79 Å². The SMILES string of the molecule is COc1cc(C2(C(=O)O)CC2)c(S(C)(=O)=O)cc1C. The fourth-order valence-electron chi connectivity index (χ4n) is 2.29. The van der Waals surface area contributed by atoms with Crippen molar-refractivity contribution in [3.05, 3.63) is 23.3 Å². The van der Waals surface area contributed by atoms with E-state index >= 15 is 0 Å². The Kier molecular flexibility index (Phi) is 3.09. The van der Waals surface area contributed by atoms with E-state index in [2.05, 4.69) is 0 Å². The predicted octanol–water partition coefficient (Wildman–Crippen LogP) is 1.52. The number of hydrogen-bond acceptors (Lipinski definition) is 4. The summed E-state index contributed by atoms with van der Waals surface area (Å²) in [5.41, 5.74) is -0.0582. The molecule has 0 aromatic heterocycles. The van der Waals surface area contributed by atoms with Crippen molar-refractivity contribution in [3.63, 3.8) is 0 Å². The molecule has 6 heteroatoms. The standard InChI is InChI=1S/C13H16O5S/c1-8-6-11(19(3,16)17)9(7-10(8)18-2)13(4-5-13)12(14)15/h6-7H,4-5H2,1-3H3,(H,14,15). The number of methoxy groups -OCH3 is 1. The Bertz CT molecular complexity index is 641. The number of benzene rings is 1. The molecule has 1 aromatic carbocycles. The Labute approximate surface area is 112 Å². The summed E-state index contributed by atoms with van der Waals surface area (Å²) in [6.45, 7) is 1.73. The van der Waals surface area contributed by atoms with Crippen LogP contribution in [-0.4, -0.2) is 32.9 Å². The van der Waals surface area contributed by atoms with Crippen LogP contribution in [0.25, 0.3) is 0 Å². The minimum absolute atomic E-state index is 0.0886. The van der Waals surface area contributed by atoms with Crippen molar-refractivity contribution in [2.75, 3.05) is 13.4 Å². The van der Waals surface area contributed by atoms with Gasteiger partial charge in [-0.1, -0.05) is 0 Å². The Morgan fingerprint density at radius 2 is 1.95 bits per heavy atom. The van der Waals surface area contributed by atoms with Crippen LogP contribution in [-0.2, 0) is 20.0 Å². The highest BCUT2D eigenvalue weighted by Crippen LogP contribution is 2.51. The number of carbonyl (C=O) groups is 1. The Morgan fingerprint density at radius 3 is 2.32 bits per heavy atom. The fraction of sp³-hybridized carbons (Fsp3) is 0.462. The fourth-order valence-corrected chi connectivity index (χ4v) is 3.33. The molecule has 1 aromatic rings. The molecule has 19 heavy (non-hydrogen) atoms. The van der Waals surface area contributed by atoms with Crippen LogP contribution in [0.5, 0.6) is 5.75 Å². The summed E-state index contributed by atoms with van der Waals surface area (Å²) in [6.07, 6.45) is 2.00. The van der Waals surface area contributed by atoms with E-state index in [1.54, 1.807) is 13.0 Å². The van der Waals surface area contributed by atoms with Crippen LogP contribution in [0.2, 0.25) is 0 Å². The maximum Gasteiger partial charge on any atom is 0.314 e. The lowest BCUT2D eigenvalue weighted by Crippen LogP contribution is -2.22. The molecule has 0 aliphatic heterocycles. The van der Waals surface area contributed by atoms with Crippen LogP contribution < -0.4 is 4.74 Å². The molecule has 0 bridgehead atoms. The number of carboxylic acids is 1. The van der Waals surface area contributed by atoms with Gasteiger partial charge in [0, 0.05) is 6.26 Å². The van der Waals surface area contributed by atoms with Crippen molar-refractivity contribution in [2.45, 2.75) is 30.1 Å². The average Bonchev–Trinajstić information content (AvgIpc) is 3.08. The number of carboxylic acid groups (broad SMARTS) is 1. The van der Waals surface area contributed by atoms with E-state index < -0.39 is 21.2 Å². The zero-order valence-electron chi connectivity index (χ0n) is 11.1. The van der Waals surface area contributed by atoms with Gasteiger partial charge in [0.25, 0.3) is 0 Å². The second-order valence-electron chi connectivity index (χ2n) is 4.98. The molecule has 2 rings (SSSR count). The topological polar surface area (TPSA) is 80.7 Å². The van der Waals surface area contributed by atoms with Gasteiger partial charge in [-0.05, 0) is 43.0 Å². The maximum absolute atomic E-state index is 11.9. The number of aryl methyl sites for hydroxylation is 1. The van der Waals surface area contributed by atoms with E-state index in [4.69, 9.17) is 4.74 Å². The molecule has 0 saturated heterocycles. The van der Waals surface area contributed by atoms with Crippen molar-refractivity contribution in [2.24, 2.45) is 0 Å². The predicted molar refractivity (Wildman–Crippen MR) is 69.4 cm³/mol. The molecule has 0 heterocycles. The highest BCUT2D eigenvalue weighted by molar-refractivity contribution is 7.90. The summed E-state index contributed by atoms with van der Waals surface area (Å²) in [4.78, 5) is 11.5. The molecular weight excluding hydrogens is 268 g/mol. The Hall–Kier alpha value is -1.56. The van der Waals surface area contributed by atoms with Gasteiger partial charge in [-0.25, -0.2) is 8.42 Å². The van der Waals surface area contributed by atoms with Crippen molar-refractivity contribution in [3.8, 4) is 5.75 Å². The number of sulfone groups is 1. The maximum atomic E-state index is 11.9. The first-order chi connectivity index (χ1) is 8.72. The molecule has 104 valence electrons. The Morgan fingerprint density at radius 1 is 1.37 bits per heavy atom. The number of aliphatic carboxylic acids is 1. The molecule has 1 saturated carbocycles. The van der Waals surface area contributed by atoms with Crippen molar-refractivity contribution < 1.29 is 23.1 Å². The van der Waals surface area contributed by atoms with Crippen LogP contribution >= 0.6 is 0 Å². The van der Waals surface area contributed by atoms with Gasteiger partial charge >= 0.3 is 5.97 Å². The average molecular weight is 284 g/mol. The second-order valence-corrected chi connectivity index (χ2v) is 6.96. The lowest BCUT2D eigenvalue weighted by atomic mass is 9.94. The van der Waals surface area contributed by atoms with Crippen LogP contribution in [0.15, 0.2) is 17.0 Å². The van der Waals surface area contributed by atoms with Crippen molar-refractivity contribution in [1.29, 1.82) is 0 Å². The summed E-state index contributed by atoms with van der Waals surface area (Å²) in [6, 6.07) is 3.04. The summed E-state index contributed by atoms with van der Waals surface area (Å²) >= 11 is 0. The summed E-state index contributed by atoms with van der Waals surface area (Å²) in [7, 11) is -2.00. The van der Waals surface area contributed by atoms with E-state index in [0.29, 0.717) is 29.7 Å². The van der Waals surface area contributed by atoms with Crippen LogP contribution in [0.4, 0.5) is 0 Å². The quantitative estimate of drug-likeness (QED) is 0.906. The third-order valence-electron chi connectivity index (χ3n) is 3.57. The molecule has 1 N–H and O–H groups in total. The summed E-state index contributed by atoms with van der Waals surface area (Å²) in [5, 5.41) is 9.34. The number of rotatable bonds is 4. The lowest BCUT2D eigenvalue weighted by Gasteiger charge is -2.17. The van der Waals surface area contributed by atoms with Gasteiger partial charge in [-0.2, -0.15) is 0 Å². The molecule has 0 unspecified atom stereocenters. The first-order valence-electron chi connectivity index (χ1n) is 5.85. The third kappa shape index (κ3) is 2.20. The van der Waals surface area contributed by atoms with Gasteiger partial charge in [0.2, 0.25) is 0 Å². The zero-order chi connectivity index (χ0) is 14.4. The van der Waals surface area contributed by atoms with Crippen molar-refractivity contribution >= 4 is 15.8 Å². The first kappa shape index (κ1) is 13.9. The molecule has 0 radical (unpaired) electrons. The van der Waals surface area contributed by atoms with E-state index in [0.717, 1.165) is 6.26 Å². The minimum Gasteiger partial charge on any atom is -0.496 e. The van der Waals surface area contributed by atoms with Gasteiger partial charge < -0.3 is 9.84 Å². The number of ether oxygens (including phenoxy) is 1. The van der Waals surface area contributed by atoms with Crippen LogP contribution in [0, 0.1) is 6.92 Å². The zero-order valence-corrected chi connectivity index (χ0v) is 11.9. The second kappa shape index (κ2) is 4.23. The van der Waals surface area contributed by atoms with Crippen molar-refractivity contribution in [1.82, 2.24) is 0 Å². The molecule has 0 spiro atoms. The van der Waals surface area contributed by atoms with Crippen LogP contribution in [0.3, 0.4) is 0 Å². The molecule has 0 atom stereocenters. The van der Waals surface area contributed by atoms with Crippen LogP contribution in [0.1, 0.15) is 24.0 Å². The molecule has 0 amide bonds. The number of hydrogen-bond donors (Lipinski definition) is 1. The normalized spacial score (nSPS) is 17.0. The summed E-state index contributed by atoms with van der Waals surface area (Å²) in [5.74, 6) is -0.474. The van der Waals surface area contributed by atoms with E-state index in [-0.39, 0.29) is 4.90 Å². The molecule has 1 fully saturated rings. The van der Waals surface area contributed by atoms with E-state index in [9.17, 15) is 18.3 Å². The summed E-state index contributed by atoms with van der Waals surface area (Å²) < 4.78 is 28.9. The highest BCUT2D eigenvalue weighted by Gasteiger charge is 2.54. The third-order valence-corrected chi connectivity index (χ3v) is 4.71. The Balaban J connectivity index is 2.74. The van der Waals surface area contributed by atoms with Gasteiger partial charge in [0.1, 0.15) is 5.75 Å². The highest BCUT2D eigenvalue weighted by atomic mass is 32.2. The first-order valence-corrected chi connectivity index (χ1v) is 7.74. The van der Waals surface area contributed by atoms with Gasteiger partial charge in [0.05, 0.1) is 17.4 Å². The van der Waals surface area contributed by atoms with E-state index in [1.807, 2.05) is 0 Å². The molecule has 1 aliphatic carbocycles. The minimum atomic E-state index is -3.48. The molecule has 1 aliphatic rings. The molecule has 5 nitrogen and oxygen atoms in total. The van der Waals surface area contributed by atoms with E-state index in [1.165, 1.54) is 13.2 Å². The smallest absolute Gasteiger partial charge is 0.314 e. The molecular formula is C13H16O5S. The monoisotopic (exact) mass is 284 g/mol.